The van der Waals surface area contributed by atoms with E-state index in [0.717, 1.165) is 6.42 Å². The highest BCUT2D eigenvalue weighted by molar-refractivity contribution is 6.30. The first-order valence-corrected chi connectivity index (χ1v) is 5.44. The standard InChI is InChI=1S/C11H14ClFN2O/c1-2-3-9(14)11(16)15-10-6-7(12)4-5-8(10)13/h4-6,9H,2-3,14H2,1H3,(H,15,16)/t9-/m1/s1. The van der Waals surface area contributed by atoms with Gasteiger partial charge in [0.25, 0.3) is 0 Å². The molecule has 1 rings (SSSR count). The van der Waals surface area contributed by atoms with E-state index >= 15 is 0 Å². The average Bonchev–Trinajstić information content (AvgIpc) is 2.23. The fourth-order valence-corrected chi connectivity index (χ4v) is 1.43. The molecule has 0 aromatic heterocycles. The number of benzene rings is 1. The fourth-order valence-electron chi connectivity index (χ4n) is 1.26. The Balaban J connectivity index is 2.72. The molecule has 1 aromatic carbocycles. The third-order valence-corrected chi connectivity index (χ3v) is 2.36. The molecule has 3 nitrogen and oxygen atoms in total. The Labute approximate surface area is 98.8 Å². The SMILES string of the molecule is CCC[C@@H](N)C(=O)Nc1cc(Cl)ccc1F. The maximum Gasteiger partial charge on any atom is 0.241 e. The molecule has 0 saturated carbocycles. The molecule has 0 fully saturated rings. The summed E-state index contributed by atoms with van der Waals surface area (Å²) in [6, 6.07) is 3.35. The third kappa shape index (κ3) is 3.47. The predicted molar refractivity (Wildman–Crippen MR) is 62.9 cm³/mol. The van der Waals surface area contributed by atoms with Crippen LogP contribution in [0.15, 0.2) is 18.2 Å². The summed E-state index contributed by atoms with van der Waals surface area (Å²) in [5.74, 6) is -0.926. The van der Waals surface area contributed by atoms with E-state index in [0.29, 0.717) is 11.4 Å². The molecule has 1 atom stereocenters. The molecule has 0 aliphatic carbocycles. The first kappa shape index (κ1) is 12.9. The van der Waals surface area contributed by atoms with Crippen molar-refractivity contribution in [1.82, 2.24) is 0 Å². The number of anilines is 1. The lowest BCUT2D eigenvalue weighted by Crippen LogP contribution is -2.35. The summed E-state index contributed by atoms with van der Waals surface area (Å²) in [5.41, 5.74) is 5.66. The highest BCUT2D eigenvalue weighted by atomic mass is 35.5. The van der Waals surface area contributed by atoms with E-state index in [1.165, 1.54) is 18.2 Å². The number of amides is 1. The lowest BCUT2D eigenvalue weighted by atomic mass is 10.1. The first-order valence-electron chi connectivity index (χ1n) is 5.06. The quantitative estimate of drug-likeness (QED) is 0.855. The highest BCUT2D eigenvalue weighted by Crippen LogP contribution is 2.19. The van der Waals surface area contributed by atoms with Crippen molar-refractivity contribution in [2.75, 3.05) is 5.32 Å². The molecule has 0 unspecified atom stereocenters. The monoisotopic (exact) mass is 244 g/mol. The van der Waals surface area contributed by atoms with E-state index in [2.05, 4.69) is 5.32 Å². The van der Waals surface area contributed by atoms with Crippen molar-refractivity contribution < 1.29 is 9.18 Å². The molecule has 88 valence electrons. The van der Waals surface area contributed by atoms with E-state index in [1.807, 2.05) is 6.92 Å². The minimum absolute atomic E-state index is 0.0593. The van der Waals surface area contributed by atoms with Gasteiger partial charge in [-0.15, -0.1) is 0 Å². The number of carbonyl (C=O) groups excluding carboxylic acids is 1. The van der Waals surface area contributed by atoms with Crippen LogP contribution in [0.2, 0.25) is 5.02 Å². The Morgan fingerprint density at radius 2 is 2.31 bits per heavy atom. The van der Waals surface area contributed by atoms with Crippen molar-refractivity contribution in [3.63, 3.8) is 0 Å². The summed E-state index contributed by atoms with van der Waals surface area (Å²) in [5, 5.41) is 2.77. The van der Waals surface area contributed by atoms with Gasteiger partial charge in [-0.2, -0.15) is 0 Å². The average molecular weight is 245 g/mol. The van der Waals surface area contributed by atoms with Gasteiger partial charge in [0.2, 0.25) is 5.91 Å². The van der Waals surface area contributed by atoms with Crippen LogP contribution in [0, 0.1) is 5.82 Å². The molecular weight excluding hydrogens is 231 g/mol. The topological polar surface area (TPSA) is 55.1 Å². The Kier molecular flexibility index (Phi) is 4.71. The minimum atomic E-state index is -0.622. The summed E-state index contributed by atoms with van der Waals surface area (Å²) in [6.45, 7) is 1.92. The Morgan fingerprint density at radius 1 is 1.62 bits per heavy atom. The van der Waals surface area contributed by atoms with E-state index in [4.69, 9.17) is 17.3 Å². The van der Waals surface area contributed by atoms with Crippen molar-refractivity contribution >= 4 is 23.2 Å². The van der Waals surface area contributed by atoms with Crippen LogP contribution in [0.5, 0.6) is 0 Å². The summed E-state index contributed by atoms with van der Waals surface area (Å²) in [6.07, 6.45) is 1.36. The van der Waals surface area contributed by atoms with Gasteiger partial charge in [-0.3, -0.25) is 4.79 Å². The summed E-state index contributed by atoms with van der Waals surface area (Å²) in [7, 11) is 0. The van der Waals surface area contributed by atoms with Crippen LogP contribution in [0.3, 0.4) is 0 Å². The molecule has 16 heavy (non-hydrogen) atoms. The molecular formula is C11H14ClFN2O. The van der Waals surface area contributed by atoms with Gasteiger partial charge in [0.15, 0.2) is 0 Å². The summed E-state index contributed by atoms with van der Waals surface area (Å²) >= 11 is 5.69. The smallest absolute Gasteiger partial charge is 0.241 e. The van der Waals surface area contributed by atoms with Crippen LogP contribution in [-0.4, -0.2) is 11.9 Å². The van der Waals surface area contributed by atoms with Gasteiger partial charge in [0.1, 0.15) is 5.82 Å². The second-order valence-corrected chi connectivity index (χ2v) is 3.95. The van der Waals surface area contributed by atoms with Crippen LogP contribution in [0.25, 0.3) is 0 Å². The number of rotatable bonds is 4. The van der Waals surface area contributed by atoms with E-state index in [1.54, 1.807) is 0 Å². The molecule has 0 aliphatic heterocycles. The van der Waals surface area contributed by atoms with Crippen LogP contribution in [0.1, 0.15) is 19.8 Å². The molecule has 0 spiro atoms. The van der Waals surface area contributed by atoms with Crippen molar-refractivity contribution in [3.05, 3.63) is 29.0 Å². The molecule has 0 radical (unpaired) electrons. The van der Waals surface area contributed by atoms with Crippen LogP contribution in [-0.2, 0) is 4.79 Å². The van der Waals surface area contributed by atoms with Gasteiger partial charge in [0, 0.05) is 5.02 Å². The van der Waals surface area contributed by atoms with Gasteiger partial charge < -0.3 is 11.1 Å². The molecule has 0 aliphatic rings. The largest absolute Gasteiger partial charge is 0.322 e. The zero-order valence-corrected chi connectivity index (χ0v) is 9.72. The van der Waals surface area contributed by atoms with Crippen molar-refractivity contribution in [2.45, 2.75) is 25.8 Å². The van der Waals surface area contributed by atoms with Gasteiger partial charge >= 0.3 is 0 Å². The molecule has 3 N–H and O–H groups in total. The fraction of sp³-hybridized carbons (Fsp3) is 0.364. The van der Waals surface area contributed by atoms with E-state index < -0.39 is 17.8 Å². The summed E-state index contributed by atoms with van der Waals surface area (Å²) < 4.78 is 13.3. The number of carbonyl (C=O) groups is 1. The van der Waals surface area contributed by atoms with Crippen LogP contribution < -0.4 is 11.1 Å². The van der Waals surface area contributed by atoms with Gasteiger partial charge in [-0.1, -0.05) is 24.9 Å². The number of hydrogen-bond acceptors (Lipinski definition) is 2. The number of nitrogens with one attached hydrogen (secondary N) is 1. The van der Waals surface area contributed by atoms with Gasteiger partial charge in [0.05, 0.1) is 11.7 Å². The molecule has 0 saturated heterocycles. The lowest BCUT2D eigenvalue weighted by molar-refractivity contribution is -0.117. The third-order valence-electron chi connectivity index (χ3n) is 2.12. The van der Waals surface area contributed by atoms with E-state index in [-0.39, 0.29) is 5.69 Å². The van der Waals surface area contributed by atoms with Crippen molar-refractivity contribution in [3.8, 4) is 0 Å². The minimum Gasteiger partial charge on any atom is -0.322 e. The summed E-state index contributed by atoms with van der Waals surface area (Å²) in [4.78, 5) is 11.5. The zero-order valence-electron chi connectivity index (χ0n) is 8.97. The Hall–Kier alpha value is -1.13. The highest BCUT2D eigenvalue weighted by Gasteiger charge is 2.14. The molecule has 1 amide bonds. The molecule has 1 aromatic rings. The van der Waals surface area contributed by atoms with Crippen LogP contribution >= 0.6 is 11.6 Å². The number of halogens is 2. The maximum absolute atomic E-state index is 13.3. The second kappa shape index (κ2) is 5.82. The maximum atomic E-state index is 13.3. The second-order valence-electron chi connectivity index (χ2n) is 3.51. The first-order chi connectivity index (χ1) is 7.54. The normalized spacial score (nSPS) is 12.2. The molecule has 0 heterocycles. The van der Waals surface area contributed by atoms with Crippen LogP contribution in [0.4, 0.5) is 10.1 Å². The molecule has 0 bridgehead atoms. The van der Waals surface area contributed by atoms with Gasteiger partial charge in [-0.05, 0) is 24.6 Å². The van der Waals surface area contributed by atoms with Crippen molar-refractivity contribution in [1.29, 1.82) is 0 Å². The Bertz CT molecular complexity index is 384. The molecule has 5 heteroatoms. The zero-order chi connectivity index (χ0) is 12.1. The lowest BCUT2D eigenvalue weighted by Gasteiger charge is -2.11. The number of nitrogens with two attached hydrogens (primary N) is 1. The van der Waals surface area contributed by atoms with E-state index in [9.17, 15) is 9.18 Å². The van der Waals surface area contributed by atoms with Gasteiger partial charge in [-0.25, -0.2) is 4.39 Å². The Morgan fingerprint density at radius 3 is 2.94 bits per heavy atom. The number of hydrogen-bond donors (Lipinski definition) is 2. The predicted octanol–water partition coefficient (Wildman–Crippen LogP) is 2.55. The van der Waals surface area contributed by atoms with Crippen molar-refractivity contribution in [2.24, 2.45) is 5.73 Å².